The second-order valence-corrected chi connectivity index (χ2v) is 14.5. The van der Waals surface area contributed by atoms with Crippen molar-refractivity contribution in [3.05, 3.63) is 120 Å². The minimum Gasteiger partial charge on any atom is -0.741 e. The average molecular weight is 799 g/mol. The Bertz CT molecular complexity index is 1500. The first-order chi connectivity index (χ1) is 22.2. The van der Waals surface area contributed by atoms with Gasteiger partial charge in [0.25, 0.3) is 0 Å². The molecule has 0 atom stereocenters. The third-order valence-corrected chi connectivity index (χ3v) is 9.55. The summed E-state index contributed by atoms with van der Waals surface area (Å²) in [6.45, 7) is 4.57. The van der Waals surface area contributed by atoms with Crippen LogP contribution in [0.3, 0.4) is 0 Å². The van der Waals surface area contributed by atoms with Crippen molar-refractivity contribution in [2.75, 3.05) is 0 Å². The molecule has 4 fully saturated rings. The zero-order valence-electron chi connectivity index (χ0n) is 27.5. The number of hydrogen-bond donors (Lipinski definition) is 0. The molecular weight excluding hydrogens is 762 g/mol. The fourth-order valence-corrected chi connectivity index (χ4v) is 6.19. The van der Waals surface area contributed by atoms with Crippen molar-refractivity contribution in [1.82, 2.24) is 0 Å². The van der Waals surface area contributed by atoms with Gasteiger partial charge in [-0.2, -0.15) is 26.3 Å². The second kappa shape index (κ2) is 18.7. The van der Waals surface area contributed by atoms with Gasteiger partial charge in [-0.3, -0.25) is 0 Å². The van der Waals surface area contributed by atoms with Gasteiger partial charge in [-0.1, -0.05) is 62.1 Å². The fraction of sp³-hybridized carbons (Fsp3) is 0.353. The van der Waals surface area contributed by atoms with Crippen molar-refractivity contribution in [2.45, 2.75) is 76.2 Å². The van der Waals surface area contributed by atoms with Crippen molar-refractivity contribution in [3.8, 4) is 11.1 Å². The maximum absolute atomic E-state index is 10.7. The van der Waals surface area contributed by atoms with E-state index in [9.17, 15) is 26.3 Å². The van der Waals surface area contributed by atoms with Gasteiger partial charge in [0.2, 0.25) is 0 Å². The van der Waals surface area contributed by atoms with Gasteiger partial charge in [-0.15, -0.1) is 0 Å². The van der Waals surface area contributed by atoms with Gasteiger partial charge in [0, 0.05) is 11.8 Å². The van der Waals surface area contributed by atoms with Gasteiger partial charge >= 0.3 is 32.7 Å². The Morgan fingerprint density at radius 3 is 0.980 bits per heavy atom. The molecule has 10 radical (unpaired) electrons. The predicted octanol–water partition coefficient (Wildman–Crippen LogP) is 6.56. The third-order valence-electron chi connectivity index (χ3n) is 8.41. The zero-order valence-corrected chi connectivity index (χ0v) is 30.7. The van der Waals surface area contributed by atoms with E-state index in [1.165, 1.54) is 96.6 Å². The maximum Gasteiger partial charge on any atom is 2.00 e. The molecule has 4 saturated carbocycles. The first-order valence-corrected chi connectivity index (χ1v) is 17.8. The van der Waals surface area contributed by atoms with E-state index in [4.69, 9.17) is 25.9 Å². The van der Waals surface area contributed by atoms with Crippen LogP contribution in [-0.2, 0) is 42.0 Å². The van der Waals surface area contributed by atoms with E-state index < -0.39 is 31.3 Å². The molecule has 4 N–H and O–H groups in total. The fourth-order valence-electron chi connectivity index (χ4n) is 6.19. The molecule has 17 heteroatoms. The van der Waals surface area contributed by atoms with Crippen molar-refractivity contribution >= 4 is 20.2 Å². The molecule has 8 nitrogen and oxygen atoms in total. The molecule has 0 aliphatic heterocycles. The van der Waals surface area contributed by atoms with Crippen LogP contribution in [0.2, 0.25) is 0 Å². The number of halogens is 6. The molecule has 278 valence electrons. The molecule has 2 aromatic rings. The molecule has 51 heavy (non-hydrogen) atoms. The Morgan fingerprint density at radius 2 is 0.765 bits per heavy atom. The summed E-state index contributed by atoms with van der Waals surface area (Å²) in [5.41, 5.74) is -2.93. The van der Waals surface area contributed by atoms with E-state index in [2.05, 4.69) is 75.9 Å². The van der Waals surface area contributed by atoms with Gasteiger partial charge in [0.15, 0.2) is 20.2 Å². The van der Waals surface area contributed by atoms with Gasteiger partial charge in [0.05, 0.1) is 0 Å². The standard InChI is InChI=1S/C32H32.2CHF3O3S.2H2O.Ti/c1-21-9-7-15-29(27-17-23-11-3-4-12-24(23)18-27)31(21)32-22(2)10-8-16-30(32)28-19-25-13-5-6-14-26(25)20-28;2*2-1(3,4)8(5,6)7;;;/h7-10,15-20H,3-6,11-14H2,1-2H3;2*(H,5,6,7);2*1H2;/q;;;;;+2/p-2. The van der Waals surface area contributed by atoms with E-state index in [1.54, 1.807) is 23.7 Å². The van der Waals surface area contributed by atoms with Crippen LogP contribution >= 0.6 is 0 Å². The number of aryl methyl sites for hydroxylation is 2. The molecule has 2 aromatic carbocycles. The minimum atomic E-state index is -6.09. The molecule has 0 saturated heterocycles. The molecule has 4 aliphatic carbocycles. The zero-order chi connectivity index (χ0) is 35.7. The summed E-state index contributed by atoms with van der Waals surface area (Å²) in [5, 5.41) is 0. The van der Waals surface area contributed by atoms with E-state index >= 15 is 0 Å². The van der Waals surface area contributed by atoms with Crippen molar-refractivity contribution in [2.24, 2.45) is 0 Å². The average Bonchev–Trinajstić information content (AvgIpc) is 3.60. The number of alkyl halides is 6. The molecular formula is C34H36F6O8S2Ti. The molecule has 0 amide bonds. The van der Waals surface area contributed by atoms with Crippen molar-refractivity contribution < 1.29 is 85.0 Å². The summed E-state index contributed by atoms with van der Waals surface area (Å²) in [6, 6.07) is 13.7. The molecule has 0 aromatic heterocycles. The summed E-state index contributed by atoms with van der Waals surface area (Å²) in [6.07, 6.45) is 20.2. The predicted molar refractivity (Wildman–Crippen MR) is 172 cm³/mol. The van der Waals surface area contributed by atoms with Gasteiger partial charge in [-0.05, 0) is 122 Å². The van der Waals surface area contributed by atoms with Crippen LogP contribution < -0.4 is 0 Å². The quantitative estimate of drug-likeness (QED) is 0.147. The molecule has 4 aliphatic rings. The monoisotopic (exact) mass is 798 g/mol. The second-order valence-electron chi connectivity index (χ2n) is 11.8. The molecule has 0 spiro atoms. The normalized spacial score (nSPS) is 19.6. The number of hydrogen-bond acceptors (Lipinski definition) is 6. The number of fused-ring (bicyclic) bond motifs is 2. The third kappa shape index (κ3) is 11.7. The van der Waals surface area contributed by atoms with Crippen LogP contribution in [0.15, 0.2) is 36.4 Å². The summed E-state index contributed by atoms with van der Waals surface area (Å²) in [5.74, 6) is 9.12. The topological polar surface area (TPSA) is 177 Å². The van der Waals surface area contributed by atoms with E-state index in [0.29, 0.717) is 0 Å². The summed E-state index contributed by atoms with van der Waals surface area (Å²) in [7, 11) is -12.2. The van der Waals surface area contributed by atoms with Crippen LogP contribution in [0.25, 0.3) is 11.1 Å². The van der Waals surface area contributed by atoms with Crippen LogP contribution in [0.4, 0.5) is 26.3 Å². The summed E-state index contributed by atoms with van der Waals surface area (Å²) < 4.78 is 118. The largest absolute Gasteiger partial charge is 2.00 e. The van der Waals surface area contributed by atoms with Crippen LogP contribution in [0, 0.1) is 75.0 Å². The Kier molecular flexibility index (Phi) is 17.4. The molecule has 0 bridgehead atoms. The first-order valence-electron chi connectivity index (χ1n) is 15.0. The SMILES string of the molecule is Cc1cccc([C]2[CH][C]3CCCC[C]3[CH]2)c1-c1c(C)cccc1[C]1[CH][C]2CCCC[C]2[CH]1.O.O.O=S(=O)([O-])C(F)(F)F.O=S(=O)([O-])C(F)(F)F.[Ti+2]. The molecule has 6 rings (SSSR count). The van der Waals surface area contributed by atoms with Gasteiger partial charge in [0.1, 0.15) is 0 Å². The summed E-state index contributed by atoms with van der Waals surface area (Å²) in [4.78, 5) is 0. The van der Waals surface area contributed by atoms with Crippen molar-refractivity contribution in [1.29, 1.82) is 0 Å². The maximum atomic E-state index is 10.7. The van der Waals surface area contributed by atoms with E-state index in [-0.39, 0.29) is 32.7 Å². The minimum absolute atomic E-state index is 0. The Hall–Kier alpha value is -1.53. The van der Waals surface area contributed by atoms with Gasteiger partial charge < -0.3 is 20.1 Å². The van der Waals surface area contributed by atoms with Crippen LogP contribution in [-0.4, -0.2) is 47.9 Å². The Balaban J connectivity index is 0.000000580. The Morgan fingerprint density at radius 1 is 0.529 bits per heavy atom. The van der Waals surface area contributed by atoms with E-state index in [0.717, 1.165) is 0 Å². The Labute approximate surface area is 311 Å². The van der Waals surface area contributed by atoms with Crippen LogP contribution in [0.5, 0.6) is 0 Å². The number of rotatable bonds is 3. The number of benzene rings is 2. The van der Waals surface area contributed by atoms with Crippen LogP contribution in [0.1, 0.15) is 73.6 Å². The van der Waals surface area contributed by atoms with Gasteiger partial charge in [-0.25, -0.2) is 16.8 Å². The van der Waals surface area contributed by atoms with E-state index in [1.807, 2.05) is 0 Å². The van der Waals surface area contributed by atoms with Crippen molar-refractivity contribution in [3.63, 3.8) is 0 Å². The first kappa shape index (κ1) is 47.5. The summed E-state index contributed by atoms with van der Waals surface area (Å²) >= 11 is 0. The molecule has 0 heterocycles. The smallest absolute Gasteiger partial charge is 0.741 e. The molecule has 0 unspecified atom stereocenters.